The normalized spacial score (nSPS) is 25.1. The second-order valence-electron chi connectivity index (χ2n) is 19.6. The molecule has 0 spiro atoms. The lowest BCUT2D eigenvalue weighted by Crippen LogP contribution is -2.54. The summed E-state index contributed by atoms with van der Waals surface area (Å²) < 4.78 is 21.2. The number of likely N-dealkylation sites (tertiary alicyclic amines) is 1. The number of amides is 1. The molecule has 72 heavy (non-hydrogen) atoms. The number of methoxy groups -OCH3 is 2. The lowest BCUT2D eigenvalue weighted by atomic mass is 9.84. The van der Waals surface area contributed by atoms with E-state index in [-0.39, 0.29) is 60.1 Å². The fourth-order valence-corrected chi connectivity index (χ4v) is 9.32. The minimum Gasteiger partial charge on any atom is -0.464 e. The van der Waals surface area contributed by atoms with Crippen LogP contribution in [0.5, 0.6) is 0 Å². The van der Waals surface area contributed by atoms with Gasteiger partial charge in [0.1, 0.15) is 36.2 Å². The van der Waals surface area contributed by atoms with Gasteiger partial charge in [-0.05, 0) is 133 Å². The van der Waals surface area contributed by atoms with Gasteiger partial charge in [0.25, 0.3) is 5.91 Å². The van der Waals surface area contributed by atoms with E-state index < -0.39 is 42.0 Å². The summed E-state index contributed by atoms with van der Waals surface area (Å²) in [6, 6.07) is 5.09. The van der Waals surface area contributed by atoms with E-state index in [9.17, 15) is 34.2 Å². The Morgan fingerprint density at radius 2 is 1.62 bits per heavy atom. The Morgan fingerprint density at radius 1 is 0.944 bits per heavy atom. The van der Waals surface area contributed by atoms with Crippen molar-refractivity contribution in [3.63, 3.8) is 0 Å². The van der Waals surface area contributed by atoms with Crippen molar-refractivity contribution in [2.75, 3.05) is 46.2 Å². The van der Waals surface area contributed by atoms with Crippen LogP contribution in [0.1, 0.15) is 144 Å². The Hall–Kier alpha value is -3.80. The summed E-state index contributed by atoms with van der Waals surface area (Å²) in [6.07, 6.45) is 15.7. The number of halogens is 1. The van der Waals surface area contributed by atoms with Crippen molar-refractivity contribution in [2.24, 2.45) is 17.8 Å². The lowest BCUT2D eigenvalue weighted by molar-refractivity contribution is -0.163. The highest BCUT2D eigenvalue weighted by Gasteiger charge is 2.41. The first-order valence-corrected chi connectivity index (χ1v) is 26.4. The van der Waals surface area contributed by atoms with Crippen LogP contribution in [0.3, 0.4) is 0 Å². The summed E-state index contributed by atoms with van der Waals surface area (Å²) in [4.78, 5) is 69.8. The van der Waals surface area contributed by atoms with Crippen molar-refractivity contribution in [1.82, 2.24) is 4.90 Å². The molecule has 5 rings (SSSR count). The number of hydrogen-bond donors (Lipinski definition) is 3. The Morgan fingerprint density at radius 3 is 2.21 bits per heavy atom. The van der Waals surface area contributed by atoms with Crippen LogP contribution < -0.4 is 5.06 Å². The maximum absolute atomic E-state index is 13.4. The molecule has 3 aliphatic heterocycles. The number of benzene rings is 1. The van der Waals surface area contributed by atoms with Gasteiger partial charge in [0.05, 0.1) is 30.5 Å². The highest BCUT2D eigenvalue weighted by atomic mass is 35.5. The third-order valence-corrected chi connectivity index (χ3v) is 14.2. The molecule has 408 valence electrons. The molecule has 1 aromatic carbocycles. The zero-order chi connectivity index (χ0) is 54.1. The highest BCUT2D eigenvalue weighted by Crippen LogP contribution is 2.34. The first-order valence-electron chi connectivity index (χ1n) is 26.1. The van der Waals surface area contributed by atoms with Gasteiger partial charge in [-0.15, -0.1) is 0 Å². The van der Waals surface area contributed by atoms with E-state index in [0.717, 1.165) is 76.1 Å². The van der Waals surface area contributed by atoms with E-state index in [0.29, 0.717) is 43.2 Å². The second kappa shape index (κ2) is 33.9. The number of piperidine rings is 1. The zero-order valence-electron chi connectivity index (χ0n) is 45.4. The third-order valence-electron chi connectivity index (χ3n) is 13.7. The number of hydrogen-bond acceptors (Lipinski definition) is 14. The Kier molecular flexibility index (Phi) is 30.3. The first kappa shape index (κ1) is 64.3. The fraction of sp³-hybridized carbons (Fsp3) is 0.696. The number of carbonyl (C=O) groups excluding carboxylic acids is 5. The van der Waals surface area contributed by atoms with Gasteiger partial charge in [-0.3, -0.25) is 24.0 Å². The average Bonchev–Trinajstić information content (AvgIpc) is 3.38. The second-order valence-corrected chi connectivity index (χ2v) is 20.0. The van der Waals surface area contributed by atoms with Crippen LogP contribution in [0.4, 0.5) is 5.69 Å². The molecule has 4 aliphatic rings. The number of aryl methyl sites for hydroxylation is 1. The molecular weight excluding hydrogens is 944 g/mol. The number of aliphatic hydroxyl groups is 3. The van der Waals surface area contributed by atoms with E-state index in [2.05, 4.69) is 39.0 Å². The molecule has 3 N–H and O–H groups in total. The van der Waals surface area contributed by atoms with Gasteiger partial charge in [-0.25, -0.2) is 9.86 Å². The van der Waals surface area contributed by atoms with E-state index in [1.165, 1.54) is 30.9 Å². The van der Waals surface area contributed by atoms with E-state index in [1.54, 1.807) is 20.1 Å². The predicted molar refractivity (Wildman–Crippen MR) is 281 cm³/mol. The molecule has 0 radical (unpaired) electrons. The van der Waals surface area contributed by atoms with Crippen LogP contribution in [0, 0.1) is 24.7 Å². The van der Waals surface area contributed by atoms with E-state index in [1.807, 2.05) is 51.0 Å². The number of aliphatic hydroxyl groups excluding tert-OH is 3. The summed E-state index contributed by atoms with van der Waals surface area (Å²) in [5, 5.41) is 29.6. The van der Waals surface area contributed by atoms with Crippen LogP contribution in [-0.4, -0.2) is 139 Å². The molecule has 0 bridgehead atoms. The summed E-state index contributed by atoms with van der Waals surface area (Å²) in [5.41, 5.74) is 3.65. The number of ketones is 3. The molecule has 2 saturated heterocycles. The maximum Gasteiger partial charge on any atom is 0.328 e. The third kappa shape index (κ3) is 20.1. The zero-order valence-corrected chi connectivity index (χ0v) is 46.2. The SMILES string of the molecule is CC/C(C)=C/C1C=CC([C@@H](C)CC(C)C(=O)[C@H](OC)C(O)/C(C)=C/CC(C)=O)N(c2ccc(Cl)c(C)c2)O1.CCCOC(=O)C1CCCCN1C(=O)C(=O)C1OCCCC1C.CO.CO[C@@H]1CCCCC1O. The smallest absolute Gasteiger partial charge is 0.328 e. The van der Waals surface area contributed by atoms with Crippen molar-refractivity contribution in [1.29, 1.82) is 0 Å². The van der Waals surface area contributed by atoms with Crippen molar-refractivity contribution >= 4 is 46.5 Å². The number of ether oxygens (including phenoxy) is 4. The van der Waals surface area contributed by atoms with E-state index >= 15 is 0 Å². The number of rotatable bonds is 19. The summed E-state index contributed by atoms with van der Waals surface area (Å²) in [7, 11) is 4.09. The number of esters is 1. The van der Waals surface area contributed by atoms with Gasteiger partial charge >= 0.3 is 5.97 Å². The lowest BCUT2D eigenvalue weighted by Gasteiger charge is -2.40. The first-order chi connectivity index (χ1) is 34.3. The molecule has 15 nitrogen and oxygen atoms in total. The summed E-state index contributed by atoms with van der Waals surface area (Å²) in [5.74, 6) is -1.98. The quantitative estimate of drug-likeness (QED) is 0.0675. The van der Waals surface area contributed by atoms with Gasteiger partial charge in [-0.1, -0.05) is 88.9 Å². The highest BCUT2D eigenvalue weighted by molar-refractivity contribution is 6.38. The number of Topliss-reactive ketones (excluding diaryl/α,β-unsaturated/α-hetero) is 3. The van der Waals surface area contributed by atoms with Gasteiger partial charge < -0.3 is 39.2 Å². The van der Waals surface area contributed by atoms with Crippen molar-refractivity contribution in [3.8, 4) is 0 Å². The maximum atomic E-state index is 13.4. The molecule has 3 heterocycles. The van der Waals surface area contributed by atoms with Gasteiger partial charge in [-0.2, -0.15) is 0 Å². The average molecular weight is 1030 g/mol. The molecule has 1 amide bonds. The summed E-state index contributed by atoms with van der Waals surface area (Å²) >= 11 is 6.29. The van der Waals surface area contributed by atoms with Crippen molar-refractivity contribution in [2.45, 2.75) is 194 Å². The Bertz CT molecular complexity index is 1940. The minimum absolute atomic E-state index is 0.00943. The molecule has 3 fully saturated rings. The Labute approximate surface area is 435 Å². The number of nitrogens with zero attached hydrogens (tertiary/aromatic N) is 2. The monoisotopic (exact) mass is 1030 g/mol. The largest absolute Gasteiger partial charge is 0.464 e. The minimum atomic E-state index is -1.11. The van der Waals surface area contributed by atoms with Crippen LogP contribution in [0.25, 0.3) is 0 Å². The molecule has 1 saturated carbocycles. The number of hydroxylamine groups is 1. The predicted octanol–water partition coefficient (Wildman–Crippen LogP) is 8.83. The Balaban J connectivity index is 0.000000437. The molecule has 11 atom stereocenters. The van der Waals surface area contributed by atoms with Crippen molar-refractivity contribution in [3.05, 3.63) is 64.2 Å². The van der Waals surface area contributed by atoms with Crippen LogP contribution in [0.15, 0.2) is 53.6 Å². The van der Waals surface area contributed by atoms with Crippen molar-refractivity contribution < 1.29 is 63.1 Å². The van der Waals surface area contributed by atoms with Gasteiger partial charge in [0.15, 0.2) is 5.78 Å². The fourth-order valence-electron chi connectivity index (χ4n) is 9.20. The van der Waals surface area contributed by atoms with Gasteiger partial charge in [0, 0.05) is 51.8 Å². The molecule has 0 aromatic heterocycles. The molecule has 8 unspecified atom stereocenters. The van der Waals surface area contributed by atoms with E-state index in [4.69, 9.17) is 40.5 Å². The topological polar surface area (TPSA) is 199 Å². The summed E-state index contributed by atoms with van der Waals surface area (Å²) in [6.45, 7) is 18.5. The van der Waals surface area contributed by atoms with Crippen LogP contribution in [-0.2, 0) is 47.8 Å². The molecule has 16 heteroatoms. The molecule has 1 aliphatic carbocycles. The van der Waals surface area contributed by atoms with Gasteiger partial charge in [0.2, 0.25) is 5.78 Å². The molecular formula is C56H89ClN2O13. The number of carbonyl (C=O) groups is 5. The molecule has 1 aromatic rings. The number of allylic oxidation sites excluding steroid dienone is 2. The standard InChI is InChI=1S/C31H44ClNO5.C17H27NO5.C7H14O2.CH4O/c1-9-19(2)16-26-13-15-28(33(38-26)25-12-14-27(32)21(4)18-25)22(5)17-23(6)30(36)31(37-8)29(35)20(3)10-11-24(7)34;1-3-10-23-17(21)13-8-4-5-9-18(13)16(20)14(19)15-12(2)7-6-11-22-15;1-9-7-5-3-2-4-6(7)8;1-2/h10,12-16,18,22-23,26,28-29,31,35H,9,11,17H2,1-8H3;12-13,15H,3-11H2,1-2H3;6-8H,2-5H2,1H3;2H,1H3/b19-16+,20-10+;;;/t22-,23?,26?,28?,29?,31+;;6?,7-;/m0.1./s1. The van der Waals surface area contributed by atoms with Crippen LogP contribution >= 0.6 is 11.6 Å². The number of anilines is 1. The van der Waals surface area contributed by atoms with Crippen LogP contribution in [0.2, 0.25) is 5.02 Å².